The molecule has 0 heterocycles. The van der Waals surface area contributed by atoms with Crippen LogP contribution in [0.3, 0.4) is 0 Å². The molecule has 1 atom stereocenters. The SMILES string of the molecule is CO[C@H](CO)/C(=N\Nc1ccc([N+](=O)[O-])cc1[N+](=O)[O-])c1ccccc1. The Hall–Kier alpha value is -3.37. The van der Waals surface area contributed by atoms with Gasteiger partial charge < -0.3 is 9.84 Å². The number of benzene rings is 2. The standard InChI is InChI=1S/C16H16N4O6/c1-26-15(10-21)16(11-5-3-2-4-6-11)18-17-13-8-7-12(19(22)23)9-14(13)20(24)25/h2-9,15,17,21H,10H2,1H3/b18-16-/t15-/m1/s1. The van der Waals surface area contributed by atoms with E-state index in [1.54, 1.807) is 30.3 Å². The summed E-state index contributed by atoms with van der Waals surface area (Å²) in [6.45, 7) is -0.353. The summed E-state index contributed by atoms with van der Waals surface area (Å²) in [6.07, 6.45) is -0.762. The van der Waals surface area contributed by atoms with Crippen molar-refractivity contribution in [3.05, 3.63) is 74.3 Å². The molecule has 2 rings (SSSR count). The van der Waals surface area contributed by atoms with Gasteiger partial charge in [0.1, 0.15) is 11.8 Å². The lowest BCUT2D eigenvalue weighted by Gasteiger charge is -2.16. The lowest BCUT2D eigenvalue weighted by atomic mass is 10.1. The summed E-state index contributed by atoms with van der Waals surface area (Å²) in [5.41, 5.74) is 2.59. The van der Waals surface area contributed by atoms with Crippen LogP contribution in [0.2, 0.25) is 0 Å². The number of anilines is 1. The van der Waals surface area contributed by atoms with Crippen LogP contribution in [0.4, 0.5) is 17.1 Å². The molecule has 2 N–H and O–H groups in total. The van der Waals surface area contributed by atoms with E-state index >= 15 is 0 Å². The zero-order valence-electron chi connectivity index (χ0n) is 13.7. The molecule has 26 heavy (non-hydrogen) atoms. The third-order valence-corrected chi connectivity index (χ3v) is 3.51. The molecule has 0 amide bonds. The molecule has 0 saturated heterocycles. The monoisotopic (exact) mass is 360 g/mol. The van der Waals surface area contributed by atoms with Gasteiger partial charge in [0.05, 0.1) is 28.2 Å². The topological polar surface area (TPSA) is 140 Å². The highest BCUT2D eigenvalue weighted by Gasteiger charge is 2.21. The maximum atomic E-state index is 11.2. The van der Waals surface area contributed by atoms with E-state index in [1.165, 1.54) is 13.2 Å². The number of nitro benzene ring substituents is 2. The molecular formula is C16H16N4O6. The van der Waals surface area contributed by atoms with Crippen molar-refractivity contribution in [2.24, 2.45) is 5.10 Å². The Bertz CT molecular complexity index is 821. The van der Waals surface area contributed by atoms with E-state index in [4.69, 9.17) is 4.74 Å². The van der Waals surface area contributed by atoms with Crippen molar-refractivity contribution in [3.63, 3.8) is 0 Å². The van der Waals surface area contributed by atoms with Gasteiger partial charge in [-0.15, -0.1) is 0 Å². The minimum absolute atomic E-state index is 0.0261. The zero-order valence-corrected chi connectivity index (χ0v) is 13.7. The number of rotatable bonds is 8. The number of methoxy groups -OCH3 is 1. The molecule has 0 unspecified atom stereocenters. The van der Waals surface area contributed by atoms with E-state index in [0.717, 1.165) is 12.1 Å². The molecule has 2 aromatic rings. The normalized spacial score (nSPS) is 12.5. The van der Waals surface area contributed by atoms with E-state index in [2.05, 4.69) is 10.5 Å². The van der Waals surface area contributed by atoms with Crippen molar-refractivity contribution in [1.82, 2.24) is 0 Å². The molecule has 0 fully saturated rings. The first kappa shape index (κ1) is 19.0. The number of aliphatic hydroxyl groups is 1. The van der Waals surface area contributed by atoms with Crippen molar-refractivity contribution in [2.75, 3.05) is 19.1 Å². The Morgan fingerprint density at radius 3 is 2.42 bits per heavy atom. The number of hydrogen-bond donors (Lipinski definition) is 2. The number of non-ortho nitro benzene ring substituents is 1. The molecule has 0 saturated carbocycles. The molecule has 0 aliphatic rings. The maximum absolute atomic E-state index is 11.2. The minimum atomic E-state index is -0.762. The van der Waals surface area contributed by atoms with E-state index in [1.807, 2.05) is 0 Å². The van der Waals surface area contributed by atoms with Crippen LogP contribution < -0.4 is 5.43 Å². The first-order valence-corrected chi connectivity index (χ1v) is 7.43. The Kier molecular flexibility index (Phi) is 6.31. The van der Waals surface area contributed by atoms with Crippen molar-refractivity contribution >= 4 is 22.8 Å². The van der Waals surface area contributed by atoms with Gasteiger partial charge in [-0.3, -0.25) is 25.7 Å². The van der Waals surface area contributed by atoms with E-state index in [9.17, 15) is 25.3 Å². The number of hydrogen-bond acceptors (Lipinski definition) is 8. The minimum Gasteiger partial charge on any atom is -0.393 e. The summed E-state index contributed by atoms with van der Waals surface area (Å²) in [4.78, 5) is 20.5. The number of nitrogens with one attached hydrogen (secondary N) is 1. The smallest absolute Gasteiger partial charge is 0.301 e. The quantitative estimate of drug-likeness (QED) is 0.418. The highest BCUT2D eigenvalue weighted by molar-refractivity contribution is 6.04. The Morgan fingerprint density at radius 2 is 1.88 bits per heavy atom. The predicted octanol–water partition coefficient (Wildman–Crippen LogP) is 2.33. The second-order valence-corrected chi connectivity index (χ2v) is 5.10. The van der Waals surface area contributed by atoms with Crippen LogP contribution in [-0.2, 0) is 4.74 Å². The third-order valence-electron chi connectivity index (χ3n) is 3.51. The zero-order chi connectivity index (χ0) is 19.1. The van der Waals surface area contributed by atoms with Crippen LogP contribution in [-0.4, -0.2) is 40.5 Å². The van der Waals surface area contributed by atoms with Crippen LogP contribution in [0.25, 0.3) is 0 Å². The molecule has 0 spiro atoms. The second kappa shape index (κ2) is 8.65. The van der Waals surface area contributed by atoms with E-state index in [-0.39, 0.29) is 12.3 Å². The largest absolute Gasteiger partial charge is 0.393 e. The van der Waals surface area contributed by atoms with Crippen molar-refractivity contribution in [1.29, 1.82) is 0 Å². The van der Waals surface area contributed by atoms with Crippen LogP contribution in [0.1, 0.15) is 5.56 Å². The molecule has 2 aromatic carbocycles. The Morgan fingerprint density at radius 1 is 1.19 bits per heavy atom. The van der Waals surface area contributed by atoms with Gasteiger partial charge in [0.25, 0.3) is 5.69 Å². The third kappa shape index (κ3) is 4.37. The fourth-order valence-corrected chi connectivity index (χ4v) is 2.20. The molecular weight excluding hydrogens is 344 g/mol. The van der Waals surface area contributed by atoms with Gasteiger partial charge in [0.15, 0.2) is 0 Å². The average molecular weight is 360 g/mol. The molecule has 0 aliphatic carbocycles. The molecule has 10 heteroatoms. The first-order chi connectivity index (χ1) is 12.5. The number of nitro groups is 2. The van der Waals surface area contributed by atoms with Gasteiger partial charge in [-0.2, -0.15) is 5.10 Å². The van der Waals surface area contributed by atoms with E-state index < -0.39 is 27.3 Å². The average Bonchev–Trinajstić information content (AvgIpc) is 2.65. The highest BCUT2D eigenvalue weighted by atomic mass is 16.6. The summed E-state index contributed by atoms with van der Waals surface area (Å²) < 4.78 is 5.19. The van der Waals surface area contributed by atoms with Gasteiger partial charge in [0, 0.05) is 18.7 Å². The molecule has 0 aliphatic heterocycles. The molecule has 0 aromatic heterocycles. The molecule has 10 nitrogen and oxygen atoms in total. The van der Waals surface area contributed by atoms with Crippen LogP contribution in [0.15, 0.2) is 53.6 Å². The summed E-state index contributed by atoms with van der Waals surface area (Å²) in [5.74, 6) is 0. The van der Waals surface area contributed by atoms with Gasteiger partial charge in [0.2, 0.25) is 0 Å². The summed E-state index contributed by atoms with van der Waals surface area (Å²) in [5, 5.41) is 35.6. The number of hydrazone groups is 1. The van der Waals surface area contributed by atoms with Crippen molar-refractivity contribution < 1.29 is 19.7 Å². The van der Waals surface area contributed by atoms with Crippen molar-refractivity contribution in [3.8, 4) is 0 Å². The fraction of sp³-hybridized carbons (Fsp3) is 0.188. The molecule has 136 valence electrons. The van der Waals surface area contributed by atoms with Gasteiger partial charge in [-0.1, -0.05) is 30.3 Å². The maximum Gasteiger partial charge on any atom is 0.301 e. The highest BCUT2D eigenvalue weighted by Crippen LogP contribution is 2.29. The summed E-state index contributed by atoms with van der Waals surface area (Å²) in [7, 11) is 1.40. The Balaban J connectivity index is 2.43. The van der Waals surface area contributed by atoms with Crippen LogP contribution in [0.5, 0.6) is 0 Å². The van der Waals surface area contributed by atoms with E-state index in [0.29, 0.717) is 11.3 Å². The summed E-state index contributed by atoms with van der Waals surface area (Å²) >= 11 is 0. The van der Waals surface area contributed by atoms with Crippen LogP contribution >= 0.6 is 0 Å². The van der Waals surface area contributed by atoms with Crippen LogP contribution in [0, 0.1) is 20.2 Å². The molecule has 0 radical (unpaired) electrons. The fourth-order valence-electron chi connectivity index (χ4n) is 2.20. The number of ether oxygens (including phenoxy) is 1. The van der Waals surface area contributed by atoms with Gasteiger partial charge in [-0.05, 0) is 6.07 Å². The molecule has 0 bridgehead atoms. The predicted molar refractivity (Wildman–Crippen MR) is 94.2 cm³/mol. The van der Waals surface area contributed by atoms with Gasteiger partial charge >= 0.3 is 5.69 Å². The van der Waals surface area contributed by atoms with Crippen molar-refractivity contribution in [2.45, 2.75) is 6.10 Å². The lowest BCUT2D eigenvalue weighted by molar-refractivity contribution is -0.393. The van der Waals surface area contributed by atoms with Gasteiger partial charge in [-0.25, -0.2) is 0 Å². The first-order valence-electron chi connectivity index (χ1n) is 7.43. The Labute approximate surface area is 148 Å². The second-order valence-electron chi connectivity index (χ2n) is 5.10. The number of aliphatic hydroxyl groups excluding tert-OH is 1. The summed E-state index contributed by atoms with van der Waals surface area (Å²) in [6, 6.07) is 12.0. The number of nitrogens with zero attached hydrogens (tertiary/aromatic N) is 3. The lowest BCUT2D eigenvalue weighted by Crippen LogP contribution is -2.28.